The van der Waals surface area contributed by atoms with E-state index in [0.717, 1.165) is 11.4 Å². The van der Waals surface area contributed by atoms with E-state index in [9.17, 15) is 0 Å². The van der Waals surface area contributed by atoms with Crippen LogP contribution >= 0.6 is 0 Å². The average molecular weight is 261 g/mol. The Morgan fingerprint density at radius 3 is 2.63 bits per heavy atom. The first-order valence-electron chi connectivity index (χ1n) is 6.27. The summed E-state index contributed by atoms with van der Waals surface area (Å²) in [6.07, 6.45) is 3.34. The molecule has 2 rings (SSSR count). The van der Waals surface area contributed by atoms with Crippen molar-refractivity contribution in [1.82, 2.24) is 25.1 Å². The van der Waals surface area contributed by atoms with Gasteiger partial charge in [0.2, 0.25) is 11.8 Å². The number of nitrogens with zero attached hydrogens (tertiary/aromatic N) is 4. The zero-order valence-electron chi connectivity index (χ0n) is 11.7. The fourth-order valence-corrected chi connectivity index (χ4v) is 1.59. The fourth-order valence-electron chi connectivity index (χ4n) is 1.59. The van der Waals surface area contributed by atoms with Gasteiger partial charge in [-0.15, -0.1) is 0 Å². The predicted molar refractivity (Wildman–Crippen MR) is 72.0 cm³/mol. The van der Waals surface area contributed by atoms with Crippen LogP contribution in [0.4, 0.5) is 0 Å². The van der Waals surface area contributed by atoms with Gasteiger partial charge in [0.05, 0.1) is 23.8 Å². The maximum absolute atomic E-state index is 5.62. The highest BCUT2D eigenvalue weighted by Crippen LogP contribution is 2.18. The summed E-state index contributed by atoms with van der Waals surface area (Å²) in [6, 6.07) is 2.28. The monoisotopic (exact) mass is 261 g/mol. The number of hydrogen-bond acceptors (Lipinski definition) is 5. The van der Waals surface area contributed by atoms with Crippen molar-refractivity contribution in [2.75, 3.05) is 0 Å². The van der Waals surface area contributed by atoms with E-state index in [-0.39, 0.29) is 0 Å². The molecule has 102 valence electrons. The molecule has 0 aliphatic carbocycles. The lowest BCUT2D eigenvalue weighted by molar-refractivity contribution is 0.412. The van der Waals surface area contributed by atoms with Crippen LogP contribution in [0, 0.1) is 6.92 Å². The molecule has 0 aromatic carbocycles. The Kier molecular flexibility index (Phi) is 4.11. The van der Waals surface area contributed by atoms with Crippen molar-refractivity contribution in [2.45, 2.75) is 33.4 Å². The second-order valence-electron chi connectivity index (χ2n) is 4.73. The van der Waals surface area contributed by atoms with Gasteiger partial charge in [-0.2, -0.15) is 5.10 Å². The SMILES string of the molecule is Cc1cc(Oc2cnc(CNC(C)C)cn2)n(C)n1. The third kappa shape index (κ3) is 3.75. The summed E-state index contributed by atoms with van der Waals surface area (Å²) in [6.45, 7) is 6.81. The van der Waals surface area contributed by atoms with Crippen LogP contribution in [0.3, 0.4) is 0 Å². The molecule has 0 amide bonds. The van der Waals surface area contributed by atoms with Crippen LogP contribution < -0.4 is 10.1 Å². The molecule has 6 heteroatoms. The van der Waals surface area contributed by atoms with E-state index in [0.29, 0.717) is 24.3 Å². The van der Waals surface area contributed by atoms with E-state index >= 15 is 0 Å². The summed E-state index contributed by atoms with van der Waals surface area (Å²) in [7, 11) is 1.83. The van der Waals surface area contributed by atoms with Crippen LogP contribution in [0.2, 0.25) is 0 Å². The van der Waals surface area contributed by atoms with Gasteiger partial charge in [0, 0.05) is 25.7 Å². The number of rotatable bonds is 5. The molecular formula is C13H19N5O. The van der Waals surface area contributed by atoms with Crippen molar-refractivity contribution in [1.29, 1.82) is 0 Å². The van der Waals surface area contributed by atoms with Crippen molar-refractivity contribution >= 4 is 0 Å². The van der Waals surface area contributed by atoms with E-state index in [4.69, 9.17) is 4.74 Å². The molecule has 0 saturated heterocycles. The van der Waals surface area contributed by atoms with Gasteiger partial charge in [-0.1, -0.05) is 13.8 Å². The largest absolute Gasteiger partial charge is 0.419 e. The maximum Gasteiger partial charge on any atom is 0.239 e. The average Bonchev–Trinajstić information content (AvgIpc) is 2.67. The van der Waals surface area contributed by atoms with E-state index in [2.05, 4.69) is 34.2 Å². The van der Waals surface area contributed by atoms with Gasteiger partial charge >= 0.3 is 0 Å². The van der Waals surface area contributed by atoms with Crippen molar-refractivity contribution < 1.29 is 4.74 Å². The number of ether oxygens (including phenoxy) is 1. The lowest BCUT2D eigenvalue weighted by Crippen LogP contribution is -2.22. The molecule has 6 nitrogen and oxygen atoms in total. The van der Waals surface area contributed by atoms with E-state index in [1.165, 1.54) is 0 Å². The Bertz CT molecular complexity index is 532. The van der Waals surface area contributed by atoms with Gasteiger partial charge in [-0.3, -0.25) is 4.98 Å². The normalized spacial score (nSPS) is 11.0. The Morgan fingerprint density at radius 2 is 2.11 bits per heavy atom. The van der Waals surface area contributed by atoms with Gasteiger partial charge in [0.1, 0.15) is 0 Å². The summed E-state index contributed by atoms with van der Waals surface area (Å²) in [5.74, 6) is 1.12. The minimum absolute atomic E-state index is 0.426. The molecule has 2 aromatic rings. The third-order valence-corrected chi connectivity index (χ3v) is 2.54. The standard InChI is InChI=1S/C13H19N5O/c1-9(2)14-6-11-7-16-12(8-15-11)19-13-5-10(3)17-18(13)4/h5,7-9,14H,6H2,1-4H3. The summed E-state index contributed by atoms with van der Waals surface area (Å²) in [4.78, 5) is 8.54. The highest BCUT2D eigenvalue weighted by atomic mass is 16.5. The molecule has 2 heterocycles. The second kappa shape index (κ2) is 5.79. The lowest BCUT2D eigenvalue weighted by atomic mass is 10.3. The minimum atomic E-state index is 0.426. The summed E-state index contributed by atoms with van der Waals surface area (Å²) in [5.41, 5.74) is 1.80. The van der Waals surface area contributed by atoms with Crippen LogP contribution in [0.5, 0.6) is 11.8 Å². The molecule has 0 atom stereocenters. The Hall–Kier alpha value is -1.95. The number of aryl methyl sites for hydroxylation is 2. The predicted octanol–water partition coefficient (Wildman–Crippen LogP) is 1.81. The fraction of sp³-hybridized carbons (Fsp3) is 0.462. The highest BCUT2D eigenvalue weighted by molar-refractivity contribution is 5.20. The molecular weight excluding hydrogens is 242 g/mol. The molecule has 0 fully saturated rings. The molecule has 0 aliphatic rings. The first-order chi connectivity index (χ1) is 9.04. The summed E-state index contributed by atoms with van der Waals surface area (Å²) in [5, 5.41) is 7.49. The van der Waals surface area contributed by atoms with Gasteiger partial charge < -0.3 is 10.1 Å². The van der Waals surface area contributed by atoms with Crippen molar-refractivity contribution in [3.8, 4) is 11.8 Å². The highest BCUT2D eigenvalue weighted by Gasteiger charge is 2.06. The van der Waals surface area contributed by atoms with Crippen LogP contribution in [0.15, 0.2) is 18.5 Å². The number of aromatic nitrogens is 4. The molecule has 19 heavy (non-hydrogen) atoms. The third-order valence-electron chi connectivity index (χ3n) is 2.54. The Labute approximate surface area is 112 Å². The summed E-state index contributed by atoms with van der Waals surface area (Å²) < 4.78 is 7.29. The zero-order valence-corrected chi connectivity index (χ0v) is 11.7. The van der Waals surface area contributed by atoms with Gasteiger partial charge in [0.25, 0.3) is 0 Å². The van der Waals surface area contributed by atoms with Crippen LogP contribution in [0.25, 0.3) is 0 Å². The van der Waals surface area contributed by atoms with Gasteiger partial charge in [0.15, 0.2) is 0 Å². The van der Waals surface area contributed by atoms with E-state index in [1.54, 1.807) is 17.1 Å². The minimum Gasteiger partial charge on any atom is -0.419 e. The van der Waals surface area contributed by atoms with Crippen LogP contribution in [0.1, 0.15) is 25.2 Å². The lowest BCUT2D eigenvalue weighted by Gasteiger charge is -2.08. The molecule has 0 saturated carbocycles. The summed E-state index contributed by atoms with van der Waals surface area (Å²) >= 11 is 0. The van der Waals surface area contributed by atoms with Gasteiger partial charge in [-0.25, -0.2) is 9.67 Å². The van der Waals surface area contributed by atoms with Gasteiger partial charge in [-0.05, 0) is 6.92 Å². The second-order valence-corrected chi connectivity index (χ2v) is 4.73. The van der Waals surface area contributed by atoms with Crippen LogP contribution in [-0.4, -0.2) is 25.8 Å². The Balaban J connectivity index is 2.00. The van der Waals surface area contributed by atoms with E-state index < -0.39 is 0 Å². The van der Waals surface area contributed by atoms with Crippen molar-refractivity contribution in [2.24, 2.45) is 7.05 Å². The number of nitrogens with one attached hydrogen (secondary N) is 1. The molecule has 0 bridgehead atoms. The van der Waals surface area contributed by atoms with E-state index in [1.807, 2.05) is 20.0 Å². The first kappa shape index (κ1) is 13.5. The first-order valence-corrected chi connectivity index (χ1v) is 6.27. The molecule has 2 aromatic heterocycles. The zero-order chi connectivity index (χ0) is 13.8. The van der Waals surface area contributed by atoms with Crippen LogP contribution in [-0.2, 0) is 13.6 Å². The molecule has 0 radical (unpaired) electrons. The molecule has 1 N–H and O–H groups in total. The smallest absolute Gasteiger partial charge is 0.239 e. The van der Waals surface area contributed by atoms with Crippen molar-refractivity contribution in [3.05, 3.63) is 29.8 Å². The van der Waals surface area contributed by atoms with Crippen molar-refractivity contribution in [3.63, 3.8) is 0 Å². The molecule has 0 spiro atoms. The quantitative estimate of drug-likeness (QED) is 0.889. The maximum atomic E-state index is 5.62. The topological polar surface area (TPSA) is 64.9 Å². The Morgan fingerprint density at radius 1 is 1.32 bits per heavy atom. The number of hydrogen-bond donors (Lipinski definition) is 1. The molecule has 0 unspecified atom stereocenters. The molecule has 0 aliphatic heterocycles.